The molecule has 1 unspecified atom stereocenters. The first-order valence-electron chi connectivity index (χ1n) is 5.27. The maximum atomic E-state index is 12.7. The highest BCUT2D eigenvalue weighted by Gasteiger charge is 2.35. The summed E-state index contributed by atoms with van der Waals surface area (Å²) in [5, 5.41) is -0.390. The third-order valence-electron chi connectivity index (χ3n) is 2.51. The first-order valence-corrected chi connectivity index (χ1v) is 5.71. The Morgan fingerprint density at radius 3 is 2.35 bits per heavy atom. The van der Waals surface area contributed by atoms with E-state index in [-0.39, 0.29) is 17.5 Å². The van der Waals surface area contributed by atoms with Crippen LogP contribution < -0.4 is 0 Å². The quantitative estimate of drug-likeness (QED) is 0.727. The molecule has 0 aliphatic rings. The number of nitrogens with zero attached hydrogens (tertiary/aromatic N) is 1. The Balaban J connectivity index is 3.00. The molecule has 5 heteroatoms. The Bertz CT molecular complexity index is 382. The van der Waals surface area contributed by atoms with Crippen molar-refractivity contribution in [1.29, 1.82) is 0 Å². The fraction of sp³-hybridized carbons (Fsp3) is 0.583. The second-order valence-corrected chi connectivity index (χ2v) is 5.56. The van der Waals surface area contributed by atoms with Crippen LogP contribution in [-0.2, 0) is 12.6 Å². The maximum Gasteiger partial charge on any atom is 0.418 e. The van der Waals surface area contributed by atoms with Gasteiger partial charge in [-0.25, -0.2) is 0 Å². The fourth-order valence-corrected chi connectivity index (χ4v) is 1.48. The van der Waals surface area contributed by atoms with Gasteiger partial charge in [0.25, 0.3) is 0 Å². The van der Waals surface area contributed by atoms with Crippen molar-refractivity contribution in [2.24, 2.45) is 5.41 Å². The largest absolute Gasteiger partial charge is 0.418 e. The smallest absolute Gasteiger partial charge is 0.261 e. The Hall–Kier alpha value is -0.770. The number of hydrogen-bond donors (Lipinski definition) is 0. The van der Waals surface area contributed by atoms with Gasteiger partial charge in [-0.1, -0.05) is 20.8 Å². The normalized spacial score (nSPS) is 14.8. The number of hydrogen-bond acceptors (Lipinski definition) is 1. The van der Waals surface area contributed by atoms with E-state index in [4.69, 9.17) is 11.6 Å². The monoisotopic (exact) mass is 265 g/mol. The Kier molecular flexibility index (Phi) is 4.07. The van der Waals surface area contributed by atoms with E-state index in [9.17, 15) is 13.2 Å². The van der Waals surface area contributed by atoms with E-state index in [1.165, 1.54) is 12.3 Å². The van der Waals surface area contributed by atoms with Crippen LogP contribution in [0.15, 0.2) is 18.3 Å². The van der Waals surface area contributed by atoms with E-state index in [0.717, 1.165) is 6.07 Å². The van der Waals surface area contributed by atoms with Crippen molar-refractivity contribution in [3.63, 3.8) is 0 Å². The number of aromatic nitrogens is 1. The van der Waals surface area contributed by atoms with E-state index < -0.39 is 17.1 Å². The number of rotatable bonds is 2. The van der Waals surface area contributed by atoms with Gasteiger partial charge in [-0.3, -0.25) is 4.98 Å². The summed E-state index contributed by atoms with van der Waals surface area (Å²) >= 11 is 6.11. The van der Waals surface area contributed by atoms with Gasteiger partial charge in [0.15, 0.2) is 0 Å². The molecule has 1 heterocycles. The number of halogens is 4. The van der Waals surface area contributed by atoms with Crippen molar-refractivity contribution >= 4 is 11.6 Å². The summed E-state index contributed by atoms with van der Waals surface area (Å²) in [6.07, 6.45) is -2.91. The van der Waals surface area contributed by atoms with Gasteiger partial charge in [0, 0.05) is 18.0 Å². The van der Waals surface area contributed by atoms with E-state index >= 15 is 0 Å². The molecule has 1 rings (SSSR count). The number of alkyl halides is 4. The van der Waals surface area contributed by atoms with Crippen LogP contribution in [0.4, 0.5) is 13.2 Å². The molecule has 96 valence electrons. The van der Waals surface area contributed by atoms with Crippen LogP contribution in [-0.4, -0.2) is 10.4 Å². The first-order chi connectivity index (χ1) is 7.62. The van der Waals surface area contributed by atoms with Crippen LogP contribution in [0.2, 0.25) is 0 Å². The van der Waals surface area contributed by atoms with Crippen molar-refractivity contribution in [2.45, 2.75) is 38.7 Å². The molecule has 0 spiro atoms. The predicted molar refractivity (Wildman–Crippen MR) is 62.0 cm³/mol. The molecule has 1 aromatic rings. The summed E-state index contributed by atoms with van der Waals surface area (Å²) in [5.74, 6) is 0. The van der Waals surface area contributed by atoms with Crippen molar-refractivity contribution in [2.75, 3.05) is 0 Å². The third kappa shape index (κ3) is 3.87. The lowest BCUT2D eigenvalue weighted by Gasteiger charge is -2.25. The van der Waals surface area contributed by atoms with E-state index in [1.807, 2.05) is 20.8 Å². The van der Waals surface area contributed by atoms with E-state index in [0.29, 0.717) is 0 Å². The molecular formula is C12H15ClF3N. The highest BCUT2D eigenvalue weighted by atomic mass is 35.5. The molecule has 17 heavy (non-hydrogen) atoms. The van der Waals surface area contributed by atoms with Gasteiger partial charge in [0.05, 0.1) is 11.3 Å². The Morgan fingerprint density at radius 2 is 1.88 bits per heavy atom. The van der Waals surface area contributed by atoms with Crippen LogP contribution in [0, 0.1) is 5.41 Å². The second kappa shape index (κ2) is 4.84. The Labute approximate surface area is 104 Å². The minimum atomic E-state index is -4.38. The van der Waals surface area contributed by atoms with Crippen LogP contribution in [0.25, 0.3) is 0 Å². The third-order valence-corrected chi connectivity index (χ3v) is 3.32. The molecule has 0 aromatic carbocycles. The van der Waals surface area contributed by atoms with Crippen LogP contribution in [0.5, 0.6) is 0 Å². The molecule has 0 N–H and O–H groups in total. The standard InChI is InChI=1S/C12H15ClF3N/c1-11(2,3)10(13)7-9-8(12(14,15)16)5-4-6-17-9/h4-6,10H,7H2,1-3H3. The lowest BCUT2D eigenvalue weighted by atomic mass is 9.88. The van der Waals surface area contributed by atoms with Crippen molar-refractivity contribution in [3.8, 4) is 0 Å². The molecule has 0 aliphatic heterocycles. The fourth-order valence-electron chi connectivity index (χ4n) is 1.33. The van der Waals surface area contributed by atoms with Gasteiger partial charge in [-0.05, 0) is 17.5 Å². The van der Waals surface area contributed by atoms with Crippen molar-refractivity contribution < 1.29 is 13.2 Å². The Morgan fingerprint density at radius 1 is 1.29 bits per heavy atom. The zero-order valence-corrected chi connectivity index (χ0v) is 10.7. The van der Waals surface area contributed by atoms with Gasteiger partial charge in [0.1, 0.15) is 0 Å². The molecule has 0 bridgehead atoms. The van der Waals surface area contributed by atoms with Crippen LogP contribution in [0.3, 0.4) is 0 Å². The van der Waals surface area contributed by atoms with Gasteiger partial charge < -0.3 is 0 Å². The van der Waals surface area contributed by atoms with Crippen molar-refractivity contribution in [1.82, 2.24) is 4.98 Å². The zero-order valence-electron chi connectivity index (χ0n) is 9.98. The summed E-state index contributed by atoms with van der Waals surface area (Å²) in [6.45, 7) is 5.67. The van der Waals surface area contributed by atoms with E-state index in [2.05, 4.69) is 4.98 Å². The average Bonchev–Trinajstić information content (AvgIpc) is 2.15. The van der Waals surface area contributed by atoms with Crippen LogP contribution >= 0.6 is 11.6 Å². The van der Waals surface area contributed by atoms with Gasteiger partial charge in [0.2, 0.25) is 0 Å². The zero-order chi connectivity index (χ0) is 13.3. The minimum Gasteiger partial charge on any atom is -0.261 e. The van der Waals surface area contributed by atoms with Gasteiger partial charge >= 0.3 is 6.18 Å². The molecule has 0 aliphatic carbocycles. The predicted octanol–water partition coefficient (Wildman–Crippen LogP) is 4.30. The molecule has 0 radical (unpaired) electrons. The topological polar surface area (TPSA) is 12.9 Å². The summed E-state index contributed by atoms with van der Waals surface area (Å²) in [4.78, 5) is 3.79. The maximum absolute atomic E-state index is 12.7. The molecule has 1 aromatic heterocycles. The second-order valence-electron chi connectivity index (χ2n) is 5.03. The van der Waals surface area contributed by atoms with Gasteiger partial charge in [-0.2, -0.15) is 13.2 Å². The molecule has 1 nitrogen and oxygen atoms in total. The molecular weight excluding hydrogens is 251 g/mol. The molecule has 0 saturated heterocycles. The van der Waals surface area contributed by atoms with Crippen LogP contribution in [0.1, 0.15) is 32.0 Å². The first kappa shape index (κ1) is 14.3. The van der Waals surface area contributed by atoms with Gasteiger partial charge in [-0.15, -0.1) is 11.6 Å². The SMILES string of the molecule is CC(C)(C)C(Cl)Cc1ncccc1C(F)(F)F. The highest BCUT2D eigenvalue weighted by molar-refractivity contribution is 6.21. The lowest BCUT2D eigenvalue weighted by Crippen LogP contribution is -2.25. The highest BCUT2D eigenvalue weighted by Crippen LogP contribution is 2.34. The van der Waals surface area contributed by atoms with Crippen molar-refractivity contribution in [3.05, 3.63) is 29.6 Å². The summed E-state index contributed by atoms with van der Waals surface area (Å²) in [5.41, 5.74) is -0.952. The summed E-state index contributed by atoms with van der Waals surface area (Å²) < 4.78 is 38.1. The lowest BCUT2D eigenvalue weighted by molar-refractivity contribution is -0.138. The molecule has 0 saturated carbocycles. The minimum absolute atomic E-state index is 0.00919. The average molecular weight is 266 g/mol. The molecule has 1 atom stereocenters. The van der Waals surface area contributed by atoms with E-state index in [1.54, 1.807) is 0 Å². The molecule has 0 amide bonds. The number of pyridine rings is 1. The summed E-state index contributed by atoms with van der Waals surface area (Å²) in [6, 6.07) is 2.32. The molecule has 0 fully saturated rings. The summed E-state index contributed by atoms with van der Waals surface area (Å²) in [7, 11) is 0.